The van der Waals surface area contributed by atoms with Gasteiger partial charge in [0.25, 0.3) is 5.56 Å². The highest BCUT2D eigenvalue weighted by Crippen LogP contribution is 2.18. The Bertz CT molecular complexity index is 920. The summed E-state index contributed by atoms with van der Waals surface area (Å²) in [6, 6.07) is 7.95. The van der Waals surface area contributed by atoms with Gasteiger partial charge in [0, 0.05) is 29.9 Å². The molecule has 0 unspecified atom stereocenters. The third kappa shape index (κ3) is 3.06. The van der Waals surface area contributed by atoms with Gasteiger partial charge in [-0.05, 0) is 43.2 Å². The molecule has 2 aromatic heterocycles. The van der Waals surface area contributed by atoms with Crippen LogP contribution in [-0.4, -0.2) is 14.5 Å². The van der Waals surface area contributed by atoms with Crippen LogP contribution in [0.15, 0.2) is 41.3 Å². The fraction of sp³-hybridized carbons (Fsp3) is 0.235. The number of hydrogen-bond donors (Lipinski definition) is 1. The molecule has 0 atom stereocenters. The molecule has 0 radical (unpaired) electrons. The van der Waals surface area contributed by atoms with Gasteiger partial charge < -0.3 is 5.32 Å². The number of nitrogens with zero attached hydrogens (tertiary/aromatic N) is 3. The number of aromatic nitrogens is 3. The van der Waals surface area contributed by atoms with E-state index in [1.54, 1.807) is 35.9 Å². The van der Waals surface area contributed by atoms with Gasteiger partial charge in [-0.2, -0.15) is 4.98 Å². The molecule has 0 saturated heterocycles. The molecule has 118 valence electrons. The standard InChI is InChI=1S/C17H17FN4O/c1-3-8-22-15(23)7-4-12-10-19-17(21-16(12)22)20-13-5-6-14(18)11(2)9-13/h4-7,9-10H,3,8H2,1-2H3,(H,19,20,21). The molecule has 0 saturated carbocycles. The summed E-state index contributed by atoms with van der Waals surface area (Å²) in [5.41, 5.74) is 1.75. The van der Waals surface area contributed by atoms with Crippen LogP contribution in [0.3, 0.4) is 0 Å². The summed E-state index contributed by atoms with van der Waals surface area (Å²) in [5.74, 6) is 0.116. The Morgan fingerprint density at radius 1 is 1.26 bits per heavy atom. The molecule has 0 amide bonds. The lowest BCUT2D eigenvalue weighted by atomic mass is 10.2. The Morgan fingerprint density at radius 3 is 2.83 bits per heavy atom. The van der Waals surface area contributed by atoms with E-state index >= 15 is 0 Å². The van der Waals surface area contributed by atoms with Crippen molar-refractivity contribution in [3.63, 3.8) is 0 Å². The molecule has 5 nitrogen and oxygen atoms in total. The van der Waals surface area contributed by atoms with Crippen molar-refractivity contribution in [1.29, 1.82) is 0 Å². The van der Waals surface area contributed by atoms with Crippen molar-refractivity contribution < 1.29 is 4.39 Å². The minimum atomic E-state index is -0.258. The van der Waals surface area contributed by atoms with Crippen LogP contribution in [0.1, 0.15) is 18.9 Å². The summed E-state index contributed by atoms with van der Waals surface area (Å²) >= 11 is 0. The van der Waals surface area contributed by atoms with E-state index in [0.29, 0.717) is 29.4 Å². The first kappa shape index (κ1) is 15.1. The average molecular weight is 312 g/mol. The van der Waals surface area contributed by atoms with E-state index in [4.69, 9.17) is 0 Å². The topological polar surface area (TPSA) is 59.8 Å². The zero-order chi connectivity index (χ0) is 16.4. The number of anilines is 2. The van der Waals surface area contributed by atoms with Crippen molar-refractivity contribution in [2.75, 3.05) is 5.32 Å². The van der Waals surface area contributed by atoms with E-state index in [1.165, 1.54) is 12.1 Å². The van der Waals surface area contributed by atoms with E-state index < -0.39 is 0 Å². The Morgan fingerprint density at radius 2 is 2.09 bits per heavy atom. The average Bonchev–Trinajstić information content (AvgIpc) is 2.54. The summed E-state index contributed by atoms with van der Waals surface area (Å²) in [4.78, 5) is 20.7. The molecule has 0 aliphatic carbocycles. The molecule has 3 rings (SSSR count). The maximum absolute atomic E-state index is 13.3. The first-order valence-electron chi connectivity index (χ1n) is 7.48. The maximum atomic E-state index is 13.3. The van der Waals surface area contributed by atoms with Crippen LogP contribution in [0.5, 0.6) is 0 Å². The first-order chi connectivity index (χ1) is 11.1. The minimum absolute atomic E-state index is 0.0818. The zero-order valence-electron chi connectivity index (χ0n) is 13.0. The molecule has 0 aliphatic rings. The van der Waals surface area contributed by atoms with Gasteiger partial charge in [-0.25, -0.2) is 9.37 Å². The van der Waals surface area contributed by atoms with Crippen LogP contribution in [0.4, 0.5) is 16.0 Å². The van der Waals surface area contributed by atoms with Gasteiger partial charge in [-0.15, -0.1) is 0 Å². The normalized spacial score (nSPS) is 10.9. The number of aryl methyl sites for hydroxylation is 2. The third-order valence-corrected chi connectivity index (χ3v) is 3.58. The Hall–Kier alpha value is -2.76. The number of fused-ring (bicyclic) bond motifs is 1. The highest BCUT2D eigenvalue weighted by atomic mass is 19.1. The van der Waals surface area contributed by atoms with E-state index in [9.17, 15) is 9.18 Å². The molecule has 1 N–H and O–H groups in total. The molecule has 0 fully saturated rings. The molecule has 3 aromatic rings. The summed E-state index contributed by atoms with van der Waals surface area (Å²) in [7, 11) is 0. The Labute approximate surface area is 132 Å². The van der Waals surface area contributed by atoms with Crippen LogP contribution in [0.2, 0.25) is 0 Å². The van der Waals surface area contributed by atoms with Crippen LogP contribution in [0.25, 0.3) is 11.0 Å². The number of benzene rings is 1. The lowest BCUT2D eigenvalue weighted by Crippen LogP contribution is -2.20. The monoisotopic (exact) mass is 312 g/mol. The molecular weight excluding hydrogens is 295 g/mol. The van der Waals surface area contributed by atoms with E-state index in [0.717, 1.165) is 11.8 Å². The first-order valence-corrected chi connectivity index (χ1v) is 7.48. The Kier molecular flexibility index (Phi) is 4.06. The molecule has 0 spiro atoms. The number of nitrogens with one attached hydrogen (secondary N) is 1. The molecule has 2 heterocycles. The number of hydrogen-bond acceptors (Lipinski definition) is 4. The fourth-order valence-electron chi connectivity index (χ4n) is 2.42. The highest BCUT2D eigenvalue weighted by Gasteiger charge is 2.07. The quantitative estimate of drug-likeness (QED) is 0.802. The van der Waals surface area contributed by atoms with Crippen LogP contribution < -0.4 is 10.9 Å². The molecule has 6 heteroatoms. The number of rotatable bonds is 4. The van der Waals surface area contributed by atoms with Crippen LogP contribution in [0, 0.1) is 12.7 Å². The van der Waals surface area contributed by atoms with Crippen molar-refractivity contribution in [1.82, 2.24) is 14.5 Å². The van der Waals surface area contributed by atoms with Gasteiger partial charge in [-0.3, -0.25) is 9.36 Å². The lowest BCUT2D eigenvalue weighted by molar-refractivity contribution is 0.619. The van der Waals surface area contributed by atoms with Crippen molar-refractivity contribution in [2.24, 2.45) is 0 Å². The zero-order valence-corrected chi connectivity index (χ0v) is 13.0. The Balaban J connectivity index is 2.03. The summed E-state index contributed by atoms with van der Waals surface area (Å²) in [5, 5.41) is 3.85. The molecule has 23 heavy (non-hydrogen) atoms. The van der Waals surface area contributed by atoms with E-state index in [1.807, 2.05) is 6.92 Å². The number of pyridine rings is 1. The molecular formula is C17H17FN4O. The molecule has 0 bridgehead atoms. The van der Waals surface area contributed by atoms with Crippen molar-refractivity contribution in [2.45, 2.75) is 26.8 Å². The summed E-state index contributed by atoms with van der Waals surface area (Å²) in [6.07, 6.45) is 2.51. The van der Waals surface area contributed by atoms with Crippen molar-refractivity contribution >= 4 is 22.7 Å². The van der Waals surface area contributed by atoms with Crippen LogP contribution >= 0.6 is 0 Å². The van der Waals surface area contributed by atoms with E-state index in [-0.39, 0.29) is 11.4 Å². The van der Waals surface area contributed by atoms with Gasteiger partial charge in [0.05, 0.1) is 0 Å². The van der Waals surface area contributed by atoms with Gasteiger partial charge >= 0.3 is 0 Å². The molecule has 0 aliphatic heterocycles. The summed E-state index contributed by atoms with van der Waals surface area (Å²) in [6.45, 7) is 4.30. The predicted molar refractivity (Wildman–Crippen MR) is 88.5 cm³/mol. The smallest absolute Gasteiger partial charge is 0.252 e. The SMILES string of the molecule is CCCn1c(=O)ccc2cnc(Nc3ccc(F)c(C)c3)nc21. The second kappa shape index (κ2) is 6.16. The van der Waals surface area contributed by atoms with Gasteiger partial charge in [0.15, 0.2) is 0 Å². The van der Waals surface area contributed by atoms with Gasteiger partial charge in [0.1, 0.15) is 11.5 Å². The lowest BCUT2D eigenvalue weighted by Gasteiger charge is -2.10. The van der Waals surface area contributed by atoms with Gasteiger partial charge in [-0.1, -0.05) is 6.92 Å². The minimum Gasteiger partial charge on any atom is -0.324 e. The largest absolute Gasteiger partial charge is 0.324 e. The highest BCUT2D eigenvalue weighted by molar-refractivity contribution is 5.75. The van der Waals surface area contributed by atoms with Gasteiger partial charge in [0.2, 0.25) is 5.95 Å². The van der Waals surface area contributed by atoms with Crippen LogP contribution in [-0.2, 0) is 6.54 Å². The second-order valence-corrected chi connectivity index (χ2v) is 5.38. The maximum Gasteiger partial charge on any atom is 0.252 e. The third-order valence-electron chi connectivity index (χ3n) is 3.58. The van der Waals surface area contributed by atoms with E-state index in [2.05, 4.69) is 15.3 Å². The number of halogens is 1. The predicted octanol–water partition coefficient (Wildman–Crippen LogP) is 3.39. The summed E-state index contributed by atoms with van der Waals surface area (Å²) < 4.78 is 15.0. The second-order valence-electron chi connectivity index (χ2n) is 5.38. The van der Waals surface area contributed by atoms with Crippen molar-refractivity contribution in [3.8, 4) is 0 Å². The molecule has 1 aromatic carbocycles. The fourth-order valence-corrected chi connectivity index (χ4v) is 2.42. The van der Waals surface area contributed by atoms with Crippen molar-refractivity contribution in [3.05, 3.63) is 58.3 Å².